The molecule has 0 fully saturated rings. The second kappa shape index (κ2) is 3.80. The van der Waals surface area contributed by atoms with E-state index in [4.69, 9.17) is 11.0 Å². The molecule has 0 aliphatic heterocycles. The lowest BCUT2D eigenvalue weighted by Crippen LogP contribution is -2.26. The zero-order valence-corrected chi connectivity index (χ0v) is 8.84. The van der Waals surface area contributed by atoms with Crippen LogP contribution in [0.3, 0.4) is 0 Å². The van der Waals surface area contributed by atoms with E-state index in [1.165, 1.54) is 4.57 Å². The van der Waals surface area contributed by atoms with Gasteiger partial charge in [-0.25, -0.2) is 0 Å². The van der Waals surface area contributed by atoms with E-state index in [2.05, 4.69) is 0 Å². The number of para-hydroxylation sites is 1. The quantitative estimate of drug-likeness (QED) is 0.769. The van der Waals surface area contributed by atoms with Gasteiger partial charge in [0.15, 0.2) is 0 Å². The van der Waals surface area contributed by atoms with Crippen LogP contribution in [-0.2, 0) is 7.05 Å². The predicted molar refractivity (Wildman–Crippen MR) is 61.7 cm³/mol. The second-order valence-corrected chi connectivity index (χ2v) is 3.63. The maximum atomic E-state index is 11.9. The molecule has 4 heteroatoms. The predicted octanol–water partition coefficient (Wildman–Crippen LogP) is 1.06. The Morgan fingerprint density at radius 2 is 2.12 bits per heavy atom. The fraction of sp³-hybridized carbons (Fsp3) is 0.167. The van der Waals surface area contributed by atoms with Gasteiger partial charge in [0.1, 0.15) is 6.04 Å². The van der Waals surface area contributed by atoms with Crippen molar-refractivity contribution in [2.24, 2.45) is 12.8 Å². The molecule has 1 heterocycles. The minimum atomic E-state index is -0.872. The van der Waals surface area contributed by atoms with E-state index in [0.717, 1.165) is 10.9 Å². The molecule has 2 N–H and O–H groups in total. The number of nitriles is 1. The first-order valence-corrected chi connectivity index (χ1v) is 4.89. The van der Waals surface area contributed by atoms with E-state index < -0.39 is 6.04 Å². The molecule has 0 saturated carbocycles. The lowest BCUT2D eigenvalue weighted by Gasteiger charge is -2.09. The van der Waals surface area contributed by atoms with Gasteiger partial charge in [0.25, 0.3) is 5.56 Å². The Labute approximate surface area is 92.5 Å². The van der Waals surface area contributed by atoms with Crippen LogP contribution in [-0.4, -0.2) is 4.57 Å². The van der Waals surface area contributed by atoms with Crippen LogP contribution < -0.4 is 11.3 Å². The highest BCUT2D eigenvalue weighted by Crippen LogP contribution is 2.14. The van der Waals surface area contributed by atoms with Crippen molar-refractivity contribution in [2.45, 2.75) is 6.04 Å². The molecule has 1 aromatic heterocycles. The van der Waals surface area contributed by atoms with Crippen LogP contribution in [0.5, 0.6) is 0 Å². The van der Waals surface area contributed by atoms with Crippen molar-refractivity contribution in [3.05, 3.63) is 46.2 Å². The van der Waals surface area contributed by atoms with Crippen molar-refractivity contribution in [3.63, 3.8) is 0 Å². The van der Waals surface area contributed by atoms with Gasteiger partial charge >= 0.3 is 0 Å². The van der Waals surface area contributed by atoms with Crippen molar-refractivity contribution in [1.82, 2.24) is 4.57 Å². The summed E-state index contributed by atoms with van der Waals surface area (Å²) in [6, 6.07) is 10.2. The Hall–Kier alpha value is -2.12. The van der Waals surface area contributed by atoms with Gasteiger partial charge in [0.2, 0.25) is 0 Å². The summed E-state index contributed by atoms with van der Waals surface area (Å²) in [5.74, 6) is 0. The average Bonchev–Trinajstić information content (AvgIpc) is 2.33. The Kier molecular flexibility index (Phi) is 2.47. The highest BCUT2D eigenvalue weighted by molar-refractivity contribution is 5.79. The highest BCUT2D eigenvalue weighted by atomic mass is 16.1. The molecule has 0 unspecified atom stereocenters. The molecule has 0 aliphatic rings. The van der Waals surface area contributed by atoms with Gasteiger partial charge in [-0.15, -0.1) is 0 Å². The van der Waals surface area contributed by atoms with Crippen LogP contribution in [0.25, 0.3) is 10.9 Å². The smallest absolute Gasteiger partial charge is 0.256 e. The summed E-state index contributed by atoms with van der Waals surface area (Å²) in [5, 5.41) is 9.66. The molecular weight excluding hydrogens is 202 g/mol. The first kappa shape index (κ1) is 10.4. The summed E-state index contributed by atoms with van der Waals surface area (Å²) in [4.78, 5) is 11.9. The third kappa shape index (κ3) is 1.47. The third-order valence-corrected chi connectivity index (χ3v) is 2.63. The first-order chi connectivity index (χ1) is 7.65. The van der Waals surface area contributed by atoms with Crippen molar-refractivity contribution in [1.29, 1.82) is 5.26 Å². The number of benzene rings is 1. The summed E-state index contributed by atoms with van der Waals surface area (Å²) in [5.41, 5.74) is 6.54. The lowest BCUT2D eigenvalue weighted by molar-refractivity contribution is 0.833. The van der Waals surface area contributed by atoms with E-state index in [0.29, 0.717) is 5.56 Å². The highest BCUT2D eigenvalue weighted by Gasteiger charge is 2.12. The molecule has 0 bridgehead atoms. The van der Waals surface area contributed by atoms with E-state index in [1.54, 1.807) is 13.1 Å². The maximum Gasteiger partial charge on any atom is 0.256 e. The number of aromatic nitrogens is 1. The normalized spacial score (nSPS) is 12.3. The minimum absolute atomic E-state index is 0.215. The SMILES string of the molecule is Cn1c(=O)c([C@H](N)C#N)cc2ccccc21. The molecule has 4 nitrogen and oxygen atoms in total. The molecule has 0 amide bonds. The fourth-order valence-electron chi connectivity index (χ4n) is 1.74. The van der Waals surface area contributed by atoms with Crippen molar-refractivity contribution in [3.8, 4) is 6.07 Å². The van der Waals surface area contributed by atoms with Gasteiger partial charge in [-0.1, -0.05) is 18.2 Å². The summed E-state index contributed by atoms with van der Waals surface area (Å²) in [6.45, 7) is 0. The number of hydrogen-bond donors (Lipinski definition) is 1. The zero-order chi connectivity index (χ0) is 11.7. The monoisotopic (exact) mass is 213 g/mol. The van der Waals surface area contributed by atoms with E-state index in [1.807, 2.05) is 30.3 Å². The van der Waals surface area contributed by atoms with E-state index in [-0.39, 0.29) is 5.56 Å². The fourth-order valence-corrected chi connectivity index (χ4v) is 1.74. The Bertz CT molecular complexity index is 637. The zero-order valence-electron chi connectivity index (χ0n) is 8.84. The van der Waals surface area contributed by atoms with Gasteiger partial charge in [-0.05, 0) is 17.5 Å². The Balaban J connectivity index is 2.85. The van der Waals surface area contributed by atoms with Gasteiger partial charge in [0, 0.05) is 12.6 Å². The number of aryl methyl sites for hydroxylation is 1. The second-order valence-electron chi connectivity index (χ2n) is 3.63. The largest absolute Gasteiger partial charge is 0.312 e. The molecule has 16 heavy (non-hydrogen) atoms. The molecule has 0 saturated heterocycles. The number of nitrogens with two attached hydrogens (primary N) is 1. The Morgan fingerprint density at radius 1 is 1.44 bits per heavy atom. The number of hydrogen-bond acceptors (Lipinski definition) is 3. The van der Waals surface area contributed by atoms with Crippen LogP contribution in [0.2, 0.25) is 0 Å². The van der Waals surface area contributed by atoms with Crippen LogP contribution >= 0.6 is 0 Å². The van der Waals surface area contributed by atoms with Crippen LogP contribution in [0, 0.1) is 11.3 Å². The summed E-state index contributed by atoms with van der Waals surface area (Å²) in [7, 11) is 1.68. The van der Waals surface area contributed by atoms with Crippen LogP contribution in [0.1, 0.15) is 11.6 Å². The van der Waals surface area contributed by atoms with Gasteiger partial charge in [-0.2, -0.15) is 5.26 Å². The summed E-state index contributed by atoms with van der Waals surface area (Å²) < 4.78 is 1.52. The Morgan fingerprint density at radius 3 is 2.81 bits per heavy atom. The molecule has 2 rings (SSSR count). The molecule has 2 aromatic rings. The summed E-state index contributed by atoms with van der Waals surface area (Å²) >= 11 is 0. The molecule has 0 aliphatic carbocycles. The topological polar surface area (TPSA) is 71.8 Å². The minimum Gasteiger partial charge on any atom is -0.312 e. The van der Waals surface area contributed by atoms with Crippen molar-refractivity contribution in [2.75, 3.05) is 0 Å². The third-order valence-electron chi connectivity index (χ3n) is 2.63. The van der Waals surface area contributed by atoms with Crippen LogP contribution in [0.4, 0.5) is 0 Å². The molecule has 1 aromatic carbocycles. The van der Waals surface area contributed by atoms with Crippen LogP contribution in [0.15, 0.2) is 35.1 Å². The number of pyridine rings is 1. The molecule has 80 valence electrons. The van der Waals surface area contributed by atoms with Gasteiger partial charge < -0.3 is 10.3 Å². The molecule has 1 atom stereocenters. The average molecular weight is 213 g/mol. The molecular formula is C12H11N3O. The number of rotatable bonds is 1. The van der Waals surface area contributed by atoms with Gasteiger partial charge in [0.05, 0.1) is 11.6 Å². The van der Waals surface area contributed by atoms with E-state index in [9.17, 15) is 4.79 Å². The van der Waals surface area contributed by atoms with Gasteiger partial charge in [-0.3, -0.25) is 4.79 Å². The van der Waals surface area contributed by atoms with Crippen molar-refractivity contribution >= 4 is 10.9 Å². The molecule has 0 radical (unpaired) electrons. The lowest BCUT2D eigenvalue weighted by atomic mass is 10.1. The van der Waals surface area contributed by atoms with E-state index >= 15 is 0 Å². The molecule has 0 spiro atoms. The first-order valence-electron chi connectivity index (χ1n) is 4.89. The van der Waals surface area contributed by atoms with Crippen molar-refractivity contribution < 1.29 is 0 Å². The number of nitrogens with zero attached hydrogens (tertiary/aromatic N) is 2. The summed E-state index contributed by atoms with van der Waals surface area (Å²) in [6.07, 6.45) is 0. The number of fused-ring (bicyclic) bond motifs is 1. The maximum absolute atomic E-state index is 11.9. The standard InChI is InChI=1S/C12H11N3O/c1-15-11-5-3-2-4-8(11)6-9(12(15)16)10(14)7-13/h2-6,10H,14H2,1H3/t10-/m1/s1.